The number of anilines is 1. The normalized spacial score (nSPS) is 16.7. The first kappa shape index (κ1) is 22.2. The molecule has 1 aliphatic heterocycles. The van der Waals surface area contributed by atoms with Gasteiger partial charge in [-0.2, -0.15) is 0 Å². The maximum atomic E-state index is 12.4. The number of nitrogens with one attached hydrogen (secondary N) is 1. The van der Waals surface area contributed by atoms with Crippen molar-refractivity contribution in [2.45, 2.75) is 58.6 Å². The SMILES string of the molecule is CCC(C)(O)C(=O)NC1CCN(c2nc(-c3ccccc3C)nc3cc(C)ccc23)CC1.[HH].[HH]. The predicted molar refractivity (Wildman–Crippen MR) is 133 cm³/mol. The topological polar surface area (TPSA) is 78.4 Å². The molecular weight excluding hydrogens is 400 g/mol. The number of rotatable bonds is 5. The number of aryl methyl sites for hydroxylation is 2. The Morgan fingerprint density at radius 2 is 1.91 bits per heavy atom. The van der Waals surface area contributed by atoms with Crippen molar-refractivity contribution in [2.75, 3.05) is 18.0 Å². The van der Waals surface area contributed by atoms with Crippen LogP contribution >= 0.6 is 0 Å². The van der Waals surface area contributed by atoms with E-state index in [-0.39, 0.29) is 14.8 Å². The van der Waals surface area contributed by atoms with Gasteiger partial charge >= 0.3 is 0 Å². The fraction of sp³-hybridized carbons (Fsp3) is 0.423. The van der Waals surface area contributed by atoms with Gasteiger partial charge in [-0.15, -0.1) is 0 Å². The van der Waals surface area contributed by atoms with Crippen molar-refractivity contribution < 1.29 is 12.8 Å². The van der Waals surface area contributed by atoms with Crippen LogP contribution < -0.4 is 10.2 Å². The van der Waals surface area contributed by atoms with Gasteiger partial charge in [-0.1, -0.05) is 37.3 Å². The molecule has 2 N–H and O–H groups in total. The van der Waals surface area contributed by atoms with Crippen LogP contribution in [0.25, 0.3) is 22.3 Å². The fourth-order valence-corrected chi connectivity index (χ4v) is 4.15. The van der Waals surface area contributed by atoms with Crippen LogP contribution in [-0.4, -0.2) is 45.7 Å². The van der Waals surface area contributed by atoms with Crippen LogP contribution in [0.4, 0.5) is 5.82 Å². The smallest absolute Gasteiger partial charge is 0.251 e. The van der Waals surface area contributed by atoms with E-state index in [1.54, 1.807) is 6.92 Å². The standard InChI is InChI=1S/C26H32N4O2.2H2/c1-5-26(4,32)25(31)27-19-12-14-30(15-13-19)24-21-11-10-17(2)16-22(21)28-23(29-24)20-9-7-6-8-18(20)3;;/h6-11,16,19,32H,5,12-15H2,1-4H3,(H,27,31);2*1H. The van der Waals surface area contributed by atoms with E-state index in [4.69, 9.17) is 9.97 Å². The van der Waals surface area contributed by atoms with Crippen molar-refractivity contribution >= 4 is 22.6 Å². The number of amides is 1. The molecule has 1 atom stereocenters. The van der Waals surface area contributed by atoms with Gasteiger partial charge in [-0.05, 0) is 63.3 Å². The summed E-state index contributed by atoms with van der Waals surface area (Å²) in [6.07, 6.45) is 2.01. The number of benzene rings is 2. The van der Waals surface area contributed by atoms with Crippen LogP contribution in [0.1, 0.15) is 47.1 Å². The van der Waals surface area contributed by atoms with E-state index >= 15 is 0 Å². The molecule has 6 heteroatoms. The summed E-state index contributed by atoms with van der Waals surface area (Å²) >= 11 is 0. The van der Waals surface area contributed by atoms with Crippen LogP contribution in [0.2, 0.25) is 0 Å². The molecule has 1 aromatic heterocycles. The van der Waals surface area contributed by atoms with Gasteiger partial charge < -0.3 is 15.3 Å². The first-order valence-electron chi connectivity index (χ1n) is 11.4. The van der Waals surface area contributed by atoms with E-state index in [1.807, 2.05) is 19.1 Å². The predicted octanol–water partition coefficient (Wildman–Crippen LogP) is 4.65. The third-order valence-corrected chi connectivity index (χ3v) is 6.53. The number of fused-ring (bicyclic) bond motifs is 1. The molecule has 0 aliphatic carbocycles. The lowest BCUT2D eigenvalue weighted by atomic mass is 9.99. The summed E-state index contributed by atoms with van der Waals surface area (Å²) < 4.78 is 0. The van der Waals surface area contributed by atoms with Gasteiger partial charge in [0.05, 0.1) is 5.52 Å². The zero-order valence-corrected chi connectivity index (χ0v) is 19.4. The Morgan fingerprint density at radius 3 is 2.59 bits per heavy atom. The summed E-state index contributed by atoms with van der Waals surface area (Å²) in [4.78, 5) is 24.6. The second kappa shape index (κ2) is 8.87. The van der Waals surface area contributed by atoms with Crippen molar-refractivity contribution in [1.82, 2.24) is 15.3 Å². The number of aliphatic hydroxyl groups is 1. The Balaban J connectivity index is 0.00000204. The molecule has 1 fully saturated rings. The van der Waals surface area contributed by atoms with Gasteiger partial charge in [0.15, 0.2) is 5.82 Å². The van der Waals surface area contributed by atoms with Gasteiger partial charge in [0.2, 0.25) is 0 Å². The Kier molecular flexibility index (Phi) is 6.15. The molecule has 0 spiro atoms. The summed E-state index contributed by atoms with van der Waals surface area (Å²) in [6, 6.07) is 14.6. The summed E-state index contributed by atoms with van der Waals surface area (Å²) in [7, 11) is 0. The van der Waals surface area contributed by atoms with E-state index in [1.165, 1.54) is 5.56 Å². The fourth-order valence-electron chi connectivity index (χ4n) is 4.15. The Bertz CT molecular complexity index is 1140. The summed E-state index contributed by atoms with van der Waals surface area (Å²) in [5, 5.41) is 14.3. The summed E-state index contributed by atoms with van der Waals surface area (Å²) in [5.74, 6) is 1.40. The lowest BCUT2D eigenvalue weighted by Gasteiger charge is -2.35. The van der Waals surface area contributed by atoms with Gasteiger partial charge in [-0.3, -0.25) is 4.79 Å². The van der Waals surface area contributed by atoms with Gasteiger partial charge in [0, 0.05) is 32.9 Å². The van der Waals surface area contributed by atoms with Gasteiger partial charge in [0.1, 0.15) is 11.4 Å². The van der Waals surface area contributed by atoms with E-state index < -0.39 is 5.60 Å². The molecule has 0 bridgehead atoms. The highest BCUT2D eigenvalue weighted by atomic mass is 16.3. The van der Waals surface area contributed by atoms with Crippen molar-refractivity contribution in [3.8, 4) is 11.4 Å². The minimum Gasteiger partial charge on any atom is -0.380 e. The van der Waals surface area contributed by atoms with Crippen LogP contribution in [0.15, 0.2) is 42.5 Å². The molecular formula is C26H36N4O2. The van der Waals surface area contributed by atoms with Crippen LogP contribution in [-0.2, 0) is 4.79 Å². The van der Waals surface area contributed by atoms with Crippen molar-refractivity contribution in [3.63, 3.8) is 0 Å². The molecule has 3 aromatic rings. The number of carbonyl (C=O) groups excluding carboxylic acids is 1. The third kappa shape index (κ3) is 4.46. The minimum atomic E-state index is -1.32. The molecule has 1 saturated heterocycles. The Labute approximate surface area is 192 Å². The maximum Gasteiger partial charge on any atom is 0.251 e. The number of hydrogen-bond donors (Lipinski definition) is 2. The number of hydrogen-bond acceptors (Lipinski definition) is 5. The zero-order chi connectivity index (χ0) is 22.9. The van der Waals surface area contributed by atoms with Crippen molar-refractivity contribution in [1.29, 1.82) is 0 Å². The molecule has 172 valence electrons. The van der Waals surface area contributed by atoms with E-state index in [2.05, 4.69) is 54.4 Å². The first-order chi connectivity index (χ1) is 15.3. The maximum absolute atomic E-state index is 12.4. The minimum absolute atomic E-state index is 0. The second-order valence-corrected chi connectivity index (χ2v) is 9.07. The third-order valence-electron chi connectivity index (χ3n) is 6.53. The molecule has 1 amide bonds. The molecule has 32 heavy (non-hydrogen) atoms. The monoisotopic (exact) mass is 436 g/mol. The lowest BCUT2D eigenvalue weighted by Crippen LogP contribution is -2.51. The molecule has 2 aromatic carbocycles. The highest BCUT2D eigenvalue weighted by molar-refractivity contribution is 5.92. The number of aromatic nitrogens is 2. The average Bonchev–Trinajstić information content (AvgIpc) is 2.79. The first-order valence-corrected chi connectivity index (χ1v) is 11.4. The van der Waals surface area contributed by atoms with Crippen LogP contribution in [0, 0.1) is 13.8 Å². The number of piperidine rings is 1. The molecule has 0 radical (unpaired) electrons. The highest BCUT2D eigenvalue weighted by Gasteiger charge is 2.31. The molecule has 1 unspecified atom stereocenters. The summed E-state index contributed by atoms with van der Waals surface area (Å²) in [5.41, 5.74) is 2.99. The van der Waals surface area contributed by atoms with Crippen molar-refractivity contribution in [3.05, 3.63) is 53.6 Å². The van der Waals surface area contributed by atoms with E-state index in [0.29, 0.717) is 6.42 Å². The van der Waals surface area contributed by atoms with E-state index in [9.17, 15) is 9.90 Å². The highest BCUT2D eigenvalue weighted by Crippen LogP contribution is 2.31. The molecule has 1 aliphatic rings. The lowest BCUT2D eigenvalue weighted by molar-refractivity contribution is -0.139. The molecule has 6 nitrogen and oxygen atoms in total. The molecule has 0 saturated carbocycles. The number of carbonyl (C=O) groups is 1. The Hall–Kier alpha value is -2.99. The largest absolute Gasteiger partial charge is 0.380 e. The quantitative estimate of drug-likeness (QED) is 0.609. The van der Waals surface area contributed by atoms with Crippen LogP contribution in [0.5, 0.6) is 0 Å². The van der Waals surface area contributed by atoms with Crippen molar-refractivity contribution in [2.24, 2.45) is 0 Å². The average molecular weight is 437 g/mol. The Morgan fingerprint density at radius 1 is 1.19 bits per heavy atom. The van der Waals surface area contributed by atoms with E-state index in [0.717, 1.165) is 59.6 Å². The number of nitrogens with zero attached hydrogens (tertiary/aromatic N) is 3. The summed E-state index contributed by atoms with van der Waals surface area (Å²) in [6.45, 7) is 9.11. The second-order valence-electron chi connectivity index (χ2n) is 9.07. The molecule has 4 rings (SSSR count). The van der Waals surface area contributed by atoms with Gasteiger partial charge in [-0.25, -0.2) is 9.97 Å². The van der Waals surface area contributed by atoms with Gasteiger partial charge in [0.25, 0.3) is 5.91 Å². The van der Waals surface area contributed by atoms with Crippen LogP contribution in [0.3, 0.4) is 0 Å². The zero-order valence-electron chi connectivity index (χ0n) is 19.4. The molecule has 2 heterocycles.